The van der Waals surface area contributed by atoms with Crippen LogP contribution in [0, 0.1) is 0 Å². The van der Waals surface area contributed by atoms with E-state index >= 15 is 0 Å². The molecule has 8 heteroatoms. The van der Waals surface area contributed by atoms with Crippen LogP contribution >= 0.6 is 0 Å². The van der Waals surface area contributed by atoms with Crippen molar-refractivity contribution in [1.29, 1.82) is 0 Å². The van der Waals surface area contributed by atoms with Gasteiger partial charge in [0.05, 0.1) is 25.5 Å². The Bertz CT molecular complexity index is 1020. The zero-order valence-corrected chi connectivity index (χ0v) is 18.7. The minimum absolute atomic E-state index is 0.0780. The molecular weight excluding hydrogens is 420 g/mol. The number of carbonyl (C=O) groups excluding carboxylic acids is 1. The van der Waals surface area contributed by atoms with E-state index in [1.165, 1.54) is 0 Å². The molecule has 1 aliphatic heterocycles. The van der Waals surface area contributed by atoms with E-state index < -0.39 is 0 Å². The van der Waals surface area contributed by atoms with E-state index in [9.17, 15) is 4.79 Å². The number of anilines is 2. The molecule has 0 spiro atoms. The van der Waals surface area contributed by atoms with Crippen molar-refractivity contribution in [2.75, 3.05) is 49.7 Å². The molecule has 0 atom stereocenters. The predicted molar refractivity (Wildman–Crippen MR) is 127 cm³/mol. The molecule has 0 unspecified atom stereocenters. The molecular formula is C25H28N4O4. The zero-order chi connectivity index (χ0) is 22.9. The third-order valence-electron chi connectivity index (χ3n) is 5.12. The first-order chi connectivity index (χ1) is 16.2. The summed E-state index contributed by atoms with van der Waals surface area (Å²) in [7, 11) is 0. The molecule has 33 heavy (non-hydrogen) atoms. The van der Waals surface area contributed by atoms with Gasteiger partial charge < -0.3 is 24.4 Å². The Hall–Kier alpha value is -3.65. The lowest BCUT2D eigenvalue weighted by atomic mass is 10.1. The van der Waals surface area contributed by atoms with Gasteiger partial charge in [0, 0.05) is 24.3 Å². The molecule has 1 aliphatic rings. The van der Waals surface area contributed by atoms with Crippen LogP contribution in [0.1, 0.15) is 13.3 Å². The Balaban J connectivity index is 1.27. The number of ether oxygens (including phenoxy) is 3. The van der Waals surface area contributed by atoms with Gasteiger partial charge in [0.25, 0.3) is 5.91 Å². The molecule has 2 heterocycles. The fourth-order valence-corrected chi connectivity index (χ4v) is 3.36. The van der Waals surface area contributed by atoms with Crippen LogP contribution in [0.4, 0.5) is 11.5 Å². The van der Waals surface area contributed by atoms with Gasteiger partial charge in [-0.2, -0.15) is 0 Å². The van der Waals surface area contributed by atoms with Crippen molar-refractivity contribution in [2.45, 2.75) is 13.3 Å². The number of nitrogens with zero attached hydrogens (tertiary/aromatic N) is 3. The first kappa shape index (κ1) is 22.5. The largest absolute Gasteiger partial charge is 0.494 e. The van der Waals surface area contributed by atoms with E-state index in [0.717, 1.165) is 42.3 Å². The molecule has 172 valence electrons. The van der Waals surface area contributed by atoms with Crippen molar-refractivity contribution in [1.82, 2.24) is 10.2 Å². The third kappa shape index (κ3) is 6.43. The second-order valence-electron chi connectivity index (χ2n) is 7.61. The van der Waals surface area contributed by atoms with Crippen LogP contribution < -0.4 is 19.7 Å². The van der Waals surface area contributed by atoms with Gasteiger partial charge in [-0.1, -0.05) is 19.1 Å². The summed E-state index contributed by atoms with van der Waals surface area (Å²) < 4.78 is 16.5. The second kappa shape index (κ2) is 11.3. The topological polar surface area (TPSA) is 85.8 Å². The van der Waals surface area contributed by atoms with Crippen molar-refractivity contribution in [3.05, 3.63) is 60.7 Å². The van der Waals surface area contributed by atoms with E-state index in [0.29, 0.717) is 31.3 Å². The average molecular weight is 449 g/mol. The summed E-state index contributed by atoms with van der Waals surface area (Å²) in [6.45, 7) is 5.72. The fourth-order valence-electron chi connectivity index (χ4n) is 3.36. The van der Waals surface area contributed by atoms with Gasteiger partial charge >= 0.3 is 0 Å². The molecule has 2 aromatic carbocycles. The molecule has 0 radical (unpaired) electrons. The second-order valence-corrected chi connectivity index (χ2v) is 7.61. The van der Waals surface area contributed by atoms with Crippen LogP contribution in [0.3, 0.4) is 0 Å². The standard InChI is InChI=1S/C25H28N4O4/c1-2-15-32-21-7-9-22(10-8-21)33-18-25(30)26-20-5-3-19(4-6-20)23-11-12-24(28-27-23)29-13-16-31-17-14-29/h3-12H,2,13-18H2,1H3,(H,26,30). The summed E-state index contributed by atoms with van der Waals surface area (Å²) in [6.07, 6.45) is 0.952. The highest BCUT2D eigenvalue weighted by Gasteiger charge is 2.13. The van der Waals surface area contributed by atoms with E-state index in [4.69, 9.17) is 14.2 Å². The van der Waals surface area contributed by atoms with Gasteiger partial charge in [0.2, 0.25) is 0 Å². The van der Waals surface area contributed by atoms with Crippen LogP contribution in [0.25, 0.3) is 11.3 Å². The number of hydrogen-bond acceptors (Lipinski definition) is 7. The number of amides is 1. The zero-order valence-electron chi connectivity index (χ0n) is 18.7. The lowest BCUT2D eigenvalue weighted by Crippen LogP contribution is -2.36. The number of hydrogen-bond donors (Lipinski definition) is 1. The maximum absolute atomic E-state index is 12.2. The molecule has 1 fully saturated rings. The Labute approximate surface area is 193 Å². The van der Waals surface area contributed by atoms with Crippen LogP contribution in [0.5, 0.6) is 11.5 Å². The van der Waals surface area contributed by atoms with Crippen molar-refractivity contribution in [2.24, 2.45) is 0 Å². The van der Waals surface area contributed by atoms with E-state index in [1.807, 2.05) is 48.5 Å². The molecule has 1 aromatic heterocycles. The van der Waals surface area contributed by atoms with E-state index in [1.54, 1.807) is 12.1 Å². The molecule has 1 amide bonds. The van der Waals surface area contributed by atoms with Crippen LogP contribution in [0.2, 0.25) is 0 Å². The molecule has 0 bridgehead atoms. The Morgan fingerprint density at radius 2 is 1.64 bits per heavy atom. The number of morpholine rings is 1. The maximum atomic E-state index is 12.2. The molecule has 0 aliphatic carbocycles. The Morgan fingerprint density at radius 1 is 0.939 bits per heavy atom. The summed E-state index contributed by atoms with van der Waals surface area (Å²) >= 11 is 0. The molecule has 4 rings (SSSR count). The third-order valence-corrected chi connectivity index (χ3v) is 5.12. The summed E-state index contributed by atoms with van der Waals surface area (Å²) in [5, 5.41) is 11.5. The van der Waals surface area contributed by atoms with Gasteiger partial charge in [0.1, 0.15) is 11.5 Å². The summed E-state index contributed by atoms with van der Waals surface area (Å²) in [5.41, 5.74) is 2.39. The predicted octanol–water partition coefficient (Wildman–Crippen LogP) is 3.79. The van der Waals surface area contributed by atoms with Crippen molar-refractivity contribution in [3.8, 4) is 22.8 Å². The van der Waals surface area contributed by atoms with Gasteiger partial charge in [-0.15, -0.1) is 10.2 Å². The van der Waals surface area contributed by atoms with E-state index in [-0.39, 0.29) is 12.5 Å². The van der Waals surface area contributed by atoms with Crippen LogP contribution in [-0.2, 0) is 9.53 Å². The first-order valence-electron chi connectivity index (χ1n) is 11.1. The fraction of sp³-hybridized carbons (Fsp3) is 0.320. The van der Waals surface area contributed by atoms with Crippen molar-refractivity contribution >= 4 is 17.4 Å². The Morgan fingerprint density at radius 3 is 2.27 bits per heavy atom. The lowest BCUT2D eigenvalue weighted by molar-refractivity contribution is -0.118. The summed E-state index contributed by atoms with van der Waals surface area (Å²) in [4.78, 5) is 14.4. The van der Waals surface area contributed by atoms with Crippen LogP contribution in [-0.4, -0.2) is 55.6 Å². The normalized spacial score (nSPS) is 13.4. The quantitative estimate of drug-likeness (QED) is 0.533. The number of carbonyl (C=O) groups is 1. The maximum Gasteiger partial charge on any atom is 0.262 e. The minimum Gasteiger partial charge on any atom is -0.494 e. The number of rotatable bonds is 9. The number of benzene rings is 2. The molecule has 8 nitrogen and oxygen atoms in total. The highest BCUT2D eigenvalue weighted by Crippen LogP contribution is 2.21. The van der Waals surface area contributed by atoms with Crippen molar-refractivity contribution in [3.63, 3.8) is 0 Å². The minimum atomic E-state index is -0.233. The molecule has 1 N–H and O–H groups in total. The Kier molecular flexibility index (Phi) is 7.71. The summed E-state index contributed by atoms with van der Waals surface area (Å²) in [5.74, 6) is 2.02. The lowest BCUT2D eigenvalue weighted by Gasteiger charge is -2.27. The molecule has 0 saturated carbocycles. The highest BCUT2D eigenvalue weighted by molar-refractivity contribution is 5.92. The number of aromatic nitrogens is 2. The highest BCUT2D eigenvalue weighted by atomic mass is 16.5. The first-order valence-corrected chi connectivity index (χ1v) is 11.1. The smallest absolute Gasteiger partial charge is 0.262 e. The molecule has 3 aromatic rings. The SMILES string of the molecule is CCCOc1ccc(OCC(=O)Nc2ccc(-c3ccc(N4CCOCC4)nn3)cc2)cc1. The van der Waals surface area contributed by atoms with Gasteiger partial charge in [-0.05, 0) is 55.0 Å². The van der Waals surface area contributed by atoms with Crippen molar-refractivity contribution < 1.29 is 19.0 Å². The van der Waals surface area contributed by atoms with Gasteiger partial charge in [-0.25, -0.2) is 0 Å². The summed E-state index contributed by atoms with van der Waals surface area (Å²) in [6, 6.07) is 18.7. The van der Waals surface area contributed by atoms with Crippen LogP contribution in [0.15, 0.2) is 60.7 Å². The van der Waals surface area contributed by atoms with Gasteiger partial charge in [-0.3, -0.25) is 4.79 Å². The monoisotopic (exact) mass is 448 g/mol. The number of nitrogens with one attached hydrogen (secondary N) is 1. The molecule has 1 saturated heterocycles. The van der Waals surface area contributed by atoms with E-state index in [2.05, 4.69) is 27.3 Å². The average Bonchev–Trinajstić information content (AvgIpc) is 2.88. The van der Waals surface area contributed by atoms with Gasteiger partial charge in [0.15, 0.2) is 12.4 Å².